The average Bonchev–Trinajstić information content (AvgIpc) is 2.69. The minimum absolute atomic E-state index is 0.247. The molecule has 0 radical (unpaired) electrons. The molecule has 1 rings (SSSR count). The van der Waals surface area contributed by atoms with Gasteiger partial charge in [0.1, 0.15) is 0 Å². The van der Waals surface area contributed by atoms with Gasteiger partial charge in [-0.1, -0.05) is 5.21 Å². The molecular formula is C11H21N5O2. The van der Waals surface area contributed by atoms with Crippen molar-refractivity contribution in [3.63, 3.8) is 0 Å². The van der Waals surface area contributed by atoms with Crippen LogP contribution in [-0.2, 0) is 17.7 Å². The lowest BCUT2D eigenvalue weighted by Crippen LogP contribution is -2.18. The number of primary amides is 1. The highest BCUT2D eigenvalue weighted by Gasteiger charge is 2.16. The van der Waals surface area contributed by atoms with Crippen LogP contribution in [0.5, 0.6) is 0 Å². The smallest absolute Gasteiger partial charge is 0.271 e. The fourth-order valence-electron chi connectivity index (χ4n) is 1.69. The van der Waals surface area contributed by atoms with Crippen molar-refractivity contribution in [2.24, 2.45) is 5.73 Å². The quantitative estimate of drug-likeness (QED) is 0.678. The highest BCUT2D eigenvalue weighted by molar-refractivity contribution is 5.91. The van der Waals surface area contributed by atoms with E-state index in [0.29, 0.717) is 13.0 Å². The van der Waals surface area contributed by atoms with E-state index < -0.39 is 5.91 Å². The van der Waals surface area contributed by atoms with Crippen molar-refractivity contribution in [1.82, 2.24) is 19.9 Å². The Bertz CT molecular complexity index is 389. The first-order valence-electron chi connectivity index (χ1n) is 5.92. The first-order chi connectivity index (χ1) is 8.56. The van der Waals surface area contributed by atoms with Gasteiger partial charge in [0.25, 0.3) is 5.91 Å². The Morgan fingerprint density at radius 1 is 1.50 bits per heavy atom. The lowest BCUT2D eigenvalue weighted by Gasteiger charge is -2.10. The van der Waals surface area contributed by atoms with E-state index in [2.05, 4.69) is 15.2 Å². The summed E-state index contributed by atoms with van der Waals surface area (Å²) in [4.78, 5) is 13.3. The van der Waals surface area contributed by atoms with Crippen LogP contribution in [0.1, 0.15) is 22.6 Å². The van der Waals surface area contributed by atoms with Gasteiger partial charge in [0.2, 0.25) is 0 Å². The second kappa shape index (κ2) is 7.07. The zero-order valence-electron chi connectivity index (χ0n) is 11.2. The Balaban J connectivity index is 2.73. The molecule has 0 saturated carbocycles. The normalized spacial score (nSPS) is 11.1. The Hall–Kier alpha value is -1.47. The predicted octanol–water partition coefficient (Wildman–Crippen LogP) is -0.482. The van der Waals surface area contributed by atoms with Crippen molar-refractivity contribution in [1.29, 1.82) is 0 Å². The summed E-state index contributed by atoms with van der Waals surface area (Å²) >= 11 is 0. The van der Waals surface area contributed by atoms with Crippen LogP contribution in [0.4, 0.5) is 0 Å². The molecule has 0 aromatic carbocycles. The van der Waals surface area contributed by atoms with E-state index in [0.717, 1.165) is 25.2 Å². The number of hydrogen-bond acceptors (Lipinski definition) is 5. The molecule has 0 aliphatic rings. The number of rotatable bonds is 8. The second-order valence-electron chi connectivity index (χ2n) is 4.37. The molecule has 1 heterocycles. The number of carbonyl (C=O) groups excluding carboxylic acids is 1. The van der Waals surface area contributed by atoms with Gasteiger partial charge in [0.05, 0.1) is 12.3 Å². The minimum atomic E-state index is -0.542. The lowest BCUT2D eigenvalue weighted by atomic mass is 10.2. The standard InChI is InChI=1S/C11H21N5O2/c1-15(2)6-4-7-16-9(5-8-18-3)10(11(12)17)13-14-16/h4-8H2,1-3H3,(H2,12,17). The van der Waals surface area contributed by atoms with Gasteiger partial charge in [0, 0.05) is 20.1 Å². The van der Waals surface area contributed by atoms with Crippen molar-refractivity contribution < 1.29 is 9.53 Å². The summed E-state index contributed by atoms with van der Waals surface area (Å²) in [5, 5.41) is 7.81. The molecule has 0 saturated heterocycles. The van der Waals surface area contributed by atoms with Crippen molar-refractivity contribution in [2.45, 2.75) is 19.4 Å². The zero-order valence-corrected chi connectivity index (χ0v) is 11.2. The maximum Gasteiger partial charge on any atom is 0.271 e. The van der Waals surface area contributed by atoms with E-state index in [1.54, 1.807) is 11.8 Å². The highest BCUT2D eigenvalue weighted by atomic mass is 16.5. The largest absolute Gasteiger partial charge is 0.384 e. The maximum absolute atomic E-state index is 11.2. The van der Waals surface area contributed by atoms with Crippen LogP contribution in [0.2, 0.25) is 0 Å². The SMILES string of the molecule is COCCc1c(C(N)=O)nnn1CCCN(C)C. The zero-order chi connectivity index (χ0) is 13.5. The fourth-order valence-corrected chi connectivity index (χ4v) is 1.69. The first kappa shape index (κ1) is 14.6. The molecule has 0 fully saturated rings. The lowest BCUT2D eigenvalue weighted by molar-refractivity contribution is 0.0994. The van der Waals surface area contributed by atoms with Crippen LogP contribution in [0.25, 0.3) is 0 Å². The van der Waals surface area contributed by atoms with Crippen molar-refractivity contribution in [3.05, 3.63) is 11.4 Å². The monoisotopic (exact) mass is 255 g/mol. The number of nitrogens with zero attached hydrogens (tertiary/aromatic N) is 4. The van der Waals surface area contributed by atoms with Crippen LogP contribution in [0.3, 0.4) is 0 Å². The molecule has 1 aromatic rings. The van der Waals surface area contributed by atoms with Crippen molar-refractivity contribution in [2.75, 3.05) is 34.4 Å². The third-order valence-electron chi connectivity index (χ3n) is 2.59. The summed E-state index contributed by atoms with van der Waals surface area (Å²) in [6.07, 6.45) is 1.53. The van der Waals surface area contributed by atoms with E-state index in [9.17, 15) is 4.79 Å². The molecule has 7 nitrogen and oxygen atoms in total. The molecule has 7 heteroatoms. The van der Waals surface area contributed by atoms with Crippen LogP contribution in [-0.4, -0.2) is 60.2 Å². The molecule has 1 amide bonds. The Morgan fingerprint density at radius 2 is 2.22 bits per heavy atom. The summed E-state index contributed by atoms with van der Waals surface area (Å²) in [5.41, 5.74) is 6.27. The van der Waals surface area contributed by atoms with Crippen LogP contribution >= 0.6 is 0 Å². The molecular weight excluding hydrogens is 234 g/mol. The maximum atomic E-state index is 11.2. The number of aryl methyl sites for hydroxylation is 1. The van der Waals surface area contributed by atoms with Crippen LogP contribution in [0, 0.1) is 0 Å². The van der Waals surface area contributed by atoms with Crippen LogP contribution < -0.4 is 5.73 Å². The fraction of sp³-hybridized carbons (Fsp3) is 0.727. The number of hydrogen-bond donors (Lipinski definition) is 1. The van der Waals surface area contributed by atoms with Gasteiger partial charge in [0.15, 0.2) is 5.69 Å². The molecule has 0 aliphatic heterocycles. The first-order valence-corrected chi connectivity index (χ1v) is 5.92. The number of carbonyl (C=O) groups is 1. The summed E-state index contributed by atoms with van der Waals surface area (Å²) in [6, 6.07) is 0. The molecule has 102 valence electrons. The van der Waals surface area contributed by atoms with E-state index in [4.69, 9.17) is 10.5 Å². The predicted molar refractivity (Wildman–Crippen MR) is 67.3 cm³/mol. The van der Waals surface area contributed by atoms with Gasteiger partial charge in [-0.15, -0.1) is 5.10 Å². The molecule has 18 heavy (non-hydrogen) atoms. The molecule has 0 atom stereocenters. The van der Waals surface area contributed by atoms with Gasteiger partial charge in [-0.2, -0.15) is 0 Å². The third-order valence-corrected chi connectivity index (χ3v) is 2.59. The number of ether oxygens (including phenoxy) is 1. The Kier molecular flexibility index (Phi) is 5.73. The van der Waals surface area contributed by atoms with Crippen LogP contribution in [0.15, 0.2) is 0 Å². The van der Waals surface area contributed by atoms with Gasteiger partial charge in [-0.3, -0.25) is 4.79 Å². The third kappa shape index (κ3) is 4.08. The summed E-state index contributed by atoms with van der Waals surface area (Å²) in [7, 11) is 5.65. The summed E-state index contributed by atoms with van der Waals surface area (Å²) < 4.78 is 6.76. The minimum Gasteiger partial charge on any atom is -0.384 e. The summed E-state index contributed by atoms with van der Waals surface area (Å²) in [6.45, 7) is 2.19. The number of amides is 1. The molecule has 0 bridgehead atoms. The number of methoxy groups -OCH3 is 1. The number of nitrogens with two attached hydrogens (primary N) is 1. The van der Waals surface area contributed by atoms with Gasteiger partial charge in [-0.25, -0.2) is 4.68 Å². The van der Waals surface area contributed by atoms with Crippen molar-refractivity contribution >= 4 is 5.91 Å². The Morgan fingerprint density at radius 3 is 2.78 bits per heavy atom. The van der Waals surface area contributed by atoms with E-state index >= 15 is 0 Å². The Labute approximate surface area is 107 Å². The van der Waals surface area contributed by atoms with Crippen molar-refractivity contribution in [3.8, 4) is 0 Å². The van der Waals surface area contributed by atoms with E-state index in [1.165, 1.54) is 0 Å². The van der Waals surface area contributed by atoms with E-state index in [1.807, 2.05) is 14.1 Å². The molecule has 1 aromatic heterocycles. The molecule has 2 N–H and O–H groups in total. The molecule has 0 spiro atoms. The second-order valence-corrected chi connectivity index (χ2v) is 4.37. The number of aromatic nitrogens is 3. The van der Waals surface area contributed by atoms with Gasteiger partial charge in [-0.05, 0) is 27.1 Å². The molecule has 0 aliphatic carbocycles. The molecule has 0 unspecified atom stereocenters. The van der Waals surface area contributed by atoms with Gasteiger partial charge >= 0.3 is 0 Å². The summed E-state index contributed by atoms with van der Waals surface area (Å²) in [5.74, 6) is -0.542. The van der Waals surface area contributed by atoms with Gasteiger partial charge < -0.3 is 15.4 Å². The van der Waals surface area contributed by atoms with E-state index in [-0.39, 0.29) is 5.69 Å². The highest BCUT2D eigenvalue weighted by Crippen LogP contribution is 2.07. The topological polar surface area (TPSA) is 86.3 Å². The average molecular weight is 255 g/mol.